The summed E-state index contributed by atoms with van der Waals surface area (Å²) < 4.78 is 11.2. The SMILES string of the molecule is CCCNCc1ccc(COCC2CCCO2)s1. The number of ether oxygens (including phenoxy) is 2. The first-order valence-corrected chi connectivity index (χ1v) is 7.67. The highest BCUT2D eigenvalue weighted by atomic mass is 32.1. The third-order valence-electron chi connectivity index (χ3n) is 3.02. The largest absolute Gasteiger partial charge is 0.376 e. The summed E-state index contributed by atoms with van der Waals surface area (Å²) in [6, 6.07) is 4.36. The van der Waals surface area contributed by atoms with Crippen LogP contribution in [0.4, 0.5) is 0 Å². The molecule has 1 N–H and O–H groups in total. The van der Waals surface area contributed by atoms with E-state index in [0.29, 0.717) is 6.10 Å². The minimum Gasteiger partial charge on any atom is -0.376 e. The van der Waals surface area contributed by atoms with Gasteiger partial charge in [-0.05, 0) is 37.9 Å². The second kappa shape index (κ2) is 7.89. The molecule has 2 rings (SSSR count). The van der Waals surface area contributed by atoms with Gasteiger partial charge < -0.3 is 14.8 Å². The Morgan fingerprint density at radius 1 is 1.44 bits per heavy atom. The van der Waals surface area contributed by atoms with Crippen molar-refractivity contribution in [1.29, 1.82) is 0 Å². The Bertz CT molecular complexity index is 334. The molecule has 18 heavy (non-hydrogen) atoms. The van der Waals surface area contributed by atoms with E-state index in [2.05, 4.69) is 24.4 Å². The lowest BCUT2D eigenvalue weighted by atomic mass is 10.2. The molecule has 1 unspecified atom stereocenters. The molecule has 0 aliphatic carbocycles. The summed E-state index contributed by atoms with van der Waals surface area (Å²) in [5.41, 5.74) is 0. The van der Waals surface area contributed by atoms with E-state index in [1.54, 1.807) is 0 Å². The van der Waals surface area contributed by atoms with E-state index in [1.807, 2.05) is 11.3 Å². The van der Waals surface area contributed by atoms with Crippen LogP contribution in [0.3, 0.4) is 0 Å². The quantitative estimate of drug-likeness (QED) is 0.736. The fraction of sp³-hybridized carbons (Fsp3) is 0.714. The monoisotopic (exact) mass is 269 g/mol. The summed E-state index contributed by atoms with van der Waals surface area (Å²) in [5, 5.41) is 3.42. The van der Waals surface area contributed by atoms with Crippen LogP contribution in [0.25, 0.3) is 0 Å². The first-order chi connectivity index (χ1) is 8.88. The maximum absolute atomic E-state index is 5.71. The molecule has 2 heterocycles. The molecule has 0 amide bonds. The molecule has 4 heteroatoms. The number of hydrogen-bond donors (Lipinski definition) is 1. The lowest BCUT2D eigenvalue weighted by Crippen LogP contribution is -2.13. The maximum atomic E-state index is 5.71. The van der Waals surface area contributed by atoms with Gasteiger partial charge in [0.1, 0.15) is 0 Å². The molecule has 1 atom stereocenters. The summed E-state index contributed by atoms with van der Waals surface area (Å²) in [7, 11) is 0. The summed E-state index contributed by atoms with van der Waals surface area (Å²) in [5.74, 6) is 0. The number of rotatable bonds is 8. The zero-order valence-electron chi connectivity index (χ0n) is 11.1. The zero-order chi connectivity index (χ0) is 12.6. The van der Waals surface area contributed by atoms with Gasteiger partial charge in [0.15, 0.2) is 0 Å². The molecule has 0 aromatic carbocycles. The molecule has 0 bridgehead atoms. The van der Waals surface area contributed by atoms with Crippen LogP contribution in [0.1, 0.15) is 35.9 Å². The van der Waals surface area contributed by atoms with E-state index in [0.717, 1.165) is 39.3 Å². The smallest absolute Gasteiger partial charge is 0.0810 e. The van der Waals surface area contributed by atoms with Gasteiger partial charge in [-0.3, -0.25) is 0 Å². The number of thiophene rings is 1. The van der Waals surface area contributed by atoms with Gasteiger partial charge in [-0.25, -0.2) is 0 Å². The van der Waals surface area contributed by atoms with Crippen molar-refractivity contribution < 1.29 is 9.47 Å². The van der Waals surface area contributed by atoms with Gasteiger partial charge in [0.05, 0.1) is 19.3 Å². The van der Waals surface area contributed by atoms with Crippen molar-refractivity contribution in [2.24, 2.45) is 0 Å². The highest BCUT2D eigenvalue weighted by molar-refractivity contribution is 7.11. The van der Waals surface area contributed by atoms with E-state index in [1.165, 1.54) is 22.6 Å². The van der Waals surface area contributed by atoms with Gasteiger partial charge in [0.25, 0.3) is 0 Å². The standard InChI is InChI=1S/C14H23NO2S/c1-2-7-15-9-13-5-6-14(18-13)11-16-10-12-4-3-8-17-12/h5-6,12,15H,2-4,7-11H2,1H3. The van der Waals surface area contributed by atoms with Crippen LogP contribution >= 0.6 is 11.3 Å². The van der Waals surface area contributed by atoms with Crippen LogP contribution < -0.4 is 5.32 Å². The molecular weight excluding hydrogens is 246 g/mol. The molecular formula is C14H23NO2S. The summed E-state index contributed by atoms with van der Waals surface area (Å²) >= 11 is 1.84. The topological polar surface area (TPSA) is 30.5 Å². The Balaban J connectivity index is 1.63. The predicted octanol–water partition coefficient (Wildman–Crippen LogP) is 2.94. The van der Waals surface area contributed by atoms with Gasteiger partial charge >= 0.3 is 0 Å². The van der Waals surface area contributed by atoms with Crippen LogP contribution in [0, 0.1) is 0 Å². The fourth-order valence-corrected chi connectivity index (χ4v) is 2.98. The fourth-order valence-electron chi connectivity index (χ4n) is 2.05. The predicted molar refractivity (Wildman–Crippen MR) is 74.9 cm³/mol. The Morgan fingerprint density at radius 2 is 2.33 bits per heavy atom. The zero-order valence-corrected chi connectivity index (χ0v) is 11.9. The van der Waals surface area contributed by atoms with Gasteiger partial charge in [0.2, 0.25) is 0 Å². The summed E-state index contributed by atoms with van der Waals surface area (Å²) in [6.07, 6.45) is 3.84. The van der Waals surface area contributed by atoms with Crippen molar-refractivity contribution in [3.8, 4) is 0 Å². The molecule has 0 radical (unpaired) electrons. The Hall–Kier alpha value is -0.420. The van der Waals surface area contributed by atoms with Crippen molar-refractivity contribution >= 4 is 11.3 Å². The normalized spacial score (nSPS) is 19.5. The first kappa shape index (κ1) is 14.0. The van der Waals surface area contributed by atoms with E-state index >= 15 is 0 Å². The first-order valence-electron chi connectivity index (χ1n) is 6.86. The third kappa shape index (κ3) is 4.69. The van der Waals surface area contributed by atoms with Crippen molar-refractivity contribution in [2.45, 2.75) is 45.4 Å². The Morgan fingerprint density at radius 3 is 3.11 bits per heavy atom. The molecule has 0 spiro atoms. The van der Waals surface area contributed by atoms with Crippen molar-refractivity contribution in [2.75, 3.05) is 19.8 Å². The van der Waals surface area contributed by atoms with Crippen LogP contribution in [0.2, 0.25) is 0 Å². The lowest BCUT2D eigenvalue weighted by molar-refractivity contribution is 0.0114. The van der Waals surface area contributed by atoms with E-state index in [9.17, 15) is 0 Å². The molecule has 1 aromatic rings. The number of nitrogens with one attached hydrogen (secondary N) is 1. The molecule has 1 fully saturated rings. The summed E-state index contributed by atoms with van der Waals surface area (Å²) in [6.45, 7) is 6.61. The van der Waals surface area contributed by atoms with Crippen molar-refractivity contribution in [1.82, 2.24) is 5.32 Å². The second-order valence-corrected chi connectivity index (χ2v) is 5.95. The lowest BCUT2D eigenvalue weighted by Gasteiger charge is -2.08. The molecule has 3 nitrogen and oxygen atoms in total. The van der Waals surface area contributed by atoms with E-state index < -0.39 is 0 Å². The van der Waals surface area contributed by atoms with Gasteiger partial charge in [-0.15, -0.1) is 11.3 Å². The summed E-state index contributed by atoms with van der Waals surface area (Å²) in [4.78, 5) is 2.69. The average molecular weight is 269 g/mol. The molecule has 0 saturated carbocycles. The van der Waals surface area contributed by atoms with Crippen molar-refractivity contribution in [3.63, 3.8) is 0 Å². The Labute approximate surface area is 113 Å². The molecule has 102 valence electrons. The van der Waals surface area contributed by atoms with Crippen LogP contribution in [0.15, 0.2) is 12.1 Å². The molecule has 1 aliphatic rings. The van der Waals surface area contributed by atoms with Gasteiger partial charge in [-0.1, -0.05) is 6.92 Å². The molecule has 1 aliphatic heterocycles. The molecule has 1 saturated heterocycles. The van der Waals surface area contributed by atoms with Crippen molar-refractivity contribution in [3.05, 3.63) is 21.9 Å². The van der Waals surface area contributed by atoms with Crippen LogP contribution in [-0.2, 0) is 22.6 Å². The third-order valence-corrected chi connectivity index (χ3v) is 4.07. The number of hydrogen-bond acceptors (Lipinski definition) is 4. The minimum absolute atomic E-state index is 0.329. The minimum atomic E-state index is 0.329. The van der Waals surface area contributed by atoms with Crippen LogP contribution in [-0.4, -0.2) is 25.9 Å². The highest BCUT2D eigenvalue weighted by Crippen LogP contribution is 2.18. The molecule has 1 aromatic heterocycles. The Kier molecular flexibility index (Phi) is 6.14. The second-order valence-electron chi connectivity index (χ2n) is 4.69. The van der Waals surface area contributed by atoms with Gasteiger partial charge in [-0.2, -0.15) is 0 Å². The maximum Gasteiger partial charge on any atom is 0.0810 e. The highest BCUT2D eigenvalue weighted by Gasteiger charge is 2.15. The van der Waals surface area contributed by atoms with E-state index in [-0.39, 0.29) is 0 Å². The average Bonchev–Trinajstić information content (AvgIpc) is 3.01. The van der Waals surface area contributed by atoms with Crippen LogP contribution in [0.5, 0.6) is 0 Å². The van der Waals surface area contributed by atoms with E-state index in [4.69, 9.17) is 9.47 Å². The van der Waals surface area contributed by atoms with Gasteiger partial charge in [0, 0.05) is 22.9 Å².